The van der Waals surface area contributed by atoms with E-state index in [1.54, 1.807) is 6.20 Å². The van der Waals surface area contributed by atoms with Crippen molar-refractivity contribution in [3.63, 3.8) is 0 Å². The number of aromatic nitrogens is 4. The van der Waals surface area contributed by atoms with Crippen LogP contribution in [0.2, 0.25) is 0 Å². The number of hydrogen-bond acceptors (Lipinski definition) is 6. The number of aliphatic hydroxyl groups is 1. The predicted octanol–water partition coefficient (Wildman–Crippen LogP) is 2.53. The lowest BCUT2D eigenvalue weighted by molar-refractivity contribution is -0.133. The number of para-hydroxylation sites is 2. The largest absolute Gasteiger partial charge is 0.510 e. The minimum Gasteiger partial charge on any atom is -0.510 e. The first-order valence-electron chi connectivity index (χ1n) is 7.16. The number of methoxy groups -OCH3 is 1. The first kappa shape index (κ1) is 16.1. The summed E-state index contributed by atoms with van der Waals surface area (Å²) in [5.41, 5.74) is 1.51. The Hall–Kier alpha value is -2.74. The number of rotatable bonds is 5. The lowest BCUT2D eigenvalue weighted by atomic mass is 10.2. The Morgan fingerprint density at radius 3 is 2.88 bits per heavy atom. The average Bonchev–Trinajstić information content (AvgIpc) is 3.18. The van der Waals surface area contributed by atoms with Gasteiger partial charge in [-0.3, -0.25) is 0 Å². The summed E-state index contributed by atoms with van der Waals surface area (Å²) in [5.74, 6) is -0.311. The molecular formula is C16H16N4O3S. The highest BCUT2D eigenvalue weighted by Crippen LogP contribution is 2.24. The van der Waals surface area contributed by atoms with Gasteiger partial charge >= 0.3 is 5.97 Å². The average molecular weight is 344 g/mol. The number of aryl methyl sites for hydroxylation is 1. The summed E-state index contributed by atoms with van der Waals surface area (Å²) < 4.78 is 6.63. The fourth-order valence-electron chi connectivity index (χ4n) is 2.22. The van der Waals surface area contributed by atoms with Crippen LogP contribution in [0.25, 0.3) is 16.6 Å². The highest BCUT2D eigenvalue weighted by molar-refractivity contribution is 7.99. The molecule has 3 rings (SSSR count). The number of ether oxygens (including phenoxy) is 1. The second-order valence-corrected chi connectivity index (χ2v) is 5.97. The Kier molecular flexibility index (Phi) is 4.57. The molecule has 8 heteroatoms. The summed E-state index contributed by atoms with van der Waals surface area (Å²) in [5, 5.41) is 11.2. The molecule has 0 fully saturated rings. The first-order valence-corrected chi connectivity index (χ1v) is 8.14. The second kappa shape index (κ2) is 6.79. The molecule has 1 aromatic carbocycles. The third kappa shape index (κ3) is 3.13. The number of nitrogens with one attached hydrogen (secondary N) is 1. The smallest absolute Gasteiger partial charge is 0.345 e. The van der Waals surface area contributed by atoms with E-state index in [-0.39, 0.29) is 22.9 Å². The van der Waals surface area contributed by atoms with Crippen molar-refractivity contribution < 1.29 is 14.6 Å². The molecule has 24 heavy (non-hydrogen) atoms. The van der Waals surface area contributed by atoms with Crippen LogP contribution in [-0.2, 0) is 16.6 Å². The molecule has 3 aromatic rings. The van der Waals surface area contributed by atoms with Crippen LogP contribution in [-0.4, -0.2) is 43.5 Å². The molecule has 2 aromatic heterocycles. The maximum atomic E-state index is 12.1. The van der Waals surface area contributed by atoms with Crippen LogP contribution in [0, 0.1) is 0 Å². The van der Waals surface area contributed by atoms with Crippen LogP contribution >= 0.6 is 11.8 Å². The second-order valence-electron chi connectivity index (χ2n) is 5.03. The highest BCUT2D eigenvalue weighted by Gasteiger charge is 2.22. The van der Waals surface area contributed by atoms with E-state index in [9.17, 15) is 9.90 Å². The summed E-state index contributed by atoms with van der Waals surface area (Å²) in [7, 11) is 3.13. The number of esters is 1. The Morgan fingerprint density at radius 2 is 2.21 bits per heavy atom. The number of aromatic amines is 1. The van der Waals surface area contributed by atoms with Gasteiger partial charge in [-0.25, -0.2) is 14.8 Å². The Labute approximate surface area is 142 Å². The van der Waals surface area contributed by atoms with E-state index >= 15 is 0 Å². The van der Waals surface area contributed by atoms with E-state index in [1.165, 1.54) is 18.9 Å². The van der Waals surface area contributed by atoms with E-state index < -0.39 is 5.97 Å². The van der Waals surface area contributed by atoms with E-state index in [0.717, 1.165) is 10.7 Å². The van der Waals surface area contributed by atoms with E-state index in [1.807, 2.05) is 42.1 Å². The molecule has 0 atom stereocenters. The number of hydrogen-bond donors (Lipinski definition) is 2. The van der Waals surface area contributed by atoms with Crippen LogP contribution in [0.4, 0.5) is 0 Å². The van der Waals surface area contributed by atoms with Crippen LogP contribution in [0.5, 0.6) is 0 Å². The number of carbonyl (C=O) groups excluding carboxylic acids is 1. The third-order valence-electron chi connectivity index (χ3n) is 3.42. The van der Waals surface area contributed by atoms with Crippen molar-refractivity contribution in [3.8, 4) is 0 Å². The molecule has 2 N–H and O–H groups in total. The molecule has 0 amide bonds. The molecular weight excluding hydrogens is 328 g/mol. The number of nitrogens with zero attached hydrogens (tertiary/aromatic N) is 3. The third-order valence-corrected chi connectivity index (χ3v) is 4.49. The first-order chi connectivity index (χ1) is 11.6. The number of benzene rings is 1. The molecule has 2 heterocycles. The van der Waals surface area contributed by atoms with Crippen molar-refractivity contribution in [1.29, 1.82) is 0 Å². The van der Waals surface area contributed by atoms with Crippen LogP contribution in [0.15, 0.2) is 47.6 Å². The standard InChI is InChI=1S/C16H16N4O3S/c1-20-8-7-17-16(20)24-9-12(21)13(15(22)23-2)14-18-10-5-3-4-6-11(10)19-14/h3-8,21H,9H2,1-2H3,(H,18,19)/b13-12-. The van der Waals surface area contributed by atoms with Crippen molar-refractivity contribution in [2.24, 2.45) is 7.05 Å². The number of imidazole rings is 2. The molecule has 0 aliphatic carbocycles. The van der Waals surface area contributed by atoms with Gasteiger partial charge in [-0.05, 0) is 12.1 Å². The lowest BCUT2D eigenvalue weighted by Gasteiger charge is -2.07. The summed E-state index contributed by atoms with van der Waals surface area (Å²) in [6, 6.07) is 7.39. The molecule has 0 aliphatic heterocycles. The van der Waals surface area contributed by atoms with Gasteiger partial charge in [-0.15, -0.1) is 0 Å². The molecule has 0 saturated carbocycles. The van der Waals surface area contributed by atoms with Crippen LogP contribution in [0.3, 0.4) is 0 Å². The van der Waals surface area contributed by atoms with Crippen molar-refractivity contribution in [2.75, 3.05) is 12.9 Å². The van der Waals surface area contributed by atoms with Gasteiger partial charge in [-0.2, -0.15) is 0 Å². The van der Waals surface area contributed by atoms with Gasteiger partial charge in [-0.1, -0.05) is 23.9 Å². The van der Waals surface area contributed by atoms with Crippen molar-refractivity contribution >= 4 is 34.3 Å². The predicted molar refractivity (Wildman–Crippen MR) is 91.6 cm³/mol. The van der Waals surface area contributed by atoms with Gasteiger partial charge in [0.1, 0.15) is 17.2 Å². The quantitative estimate of drug-likeness (QED) is 0.320. The van der Waals surface area contributed by atoms with Gasteiger partial charge in [0.15, 0.2) is 5.16 Å². The summed E-state index contributed by atoms with van der Waals surface area (Å²) in [6.07, 6.45) is 3.48. The summed E-state index contributed by atoms with van der Waals surface area (Å²) in [6.45, 7) is 0. The van der Waals surface area contributed by atoms with Crippen LogP contribution in [0.1, 0.15) is 5.82 Å². The molecule has 0 aliphatic rings. The summed E-state index contributed by atoms with van der Waals surface area (Å²) in [4.78, 5) is 23.7. The van der Waals surface area contributed by atoms with Gasteiger partial charge in [0, 0.05) is 19.4 Å². The number of aliphatic hydroxyl groups excluding tert-OH is 1. The van der Waals surface area contributed by atoms with Crippen molar-refractivity contribution in [1.82, 2.24) is 19.5 Å². The molecule has 0 bridgehead atoms. The zero-order valence-electron chi connectivity index (χ0n) is 13.2. The maximum absolute atomic E-state index is 12.1. The van der Waals surface area contributed by atoms with Gasteiger partial charge in [0.05, 0.1) is 23.9 Å². The topological polar surface area (TPSA) is 93.0 Å². The lowest BCUT2D eigenvalue weighted by Crippen LogP contribution is -2.10. The van der Waals surface area contributed by atoms with Crippen molar-refractivity contribution in [3.05, 3.63) is 48.2 Å². The molecule has 0 saturated heterocycles. The number of H-pyrrole nitrogens is 1. The molecule has 124 valence electrons. The molecule has 0 unspecified atom stereocenters. The number of thioether (sulfide) groups is 1. The SMILES string of the molecule is COC(=O)/C(=C(\O)CSc1nccn1C)c1nc2ccccc2[nH]1. The Bertz CT molecular complexity index is 880. The number of fused-ring (bicyclic) bond motifs is 1. The van der Waals surface area contributed by atoms with Crippen LogP contribution < -0.4 is 0 Å². The van der Waals surface area contributed by atoms with Gasteiger partial charge in [0.25, 0.3) is 0 Å². The maximum Gasteiger partial charge on any atom is 0.345 e. The Balaban J connectivity index is 1.95. The minimum absolute atomic E-state index is 0.0235. The molecule has 0 radical (unpaired) electrons. The molecule has 0 spiro atoms. The Morgan fingerprint density at radius 1 is 1.42 bits per heavy atom. The van der Waals surface area contributed by atoms with Gasteiger partial charge < -0.3 is 19.4 Å². The van der Waals surface area contributed by atoms with E-state index in [4.69, 9.17) is 4.74 Å². The summed E-state index contributed by atoms with van der Waals surface area (Å²) >= 11 is 1.31. The minimum atomic E-state index is -0.646. The fourth-order valence-corrected chi connectivity index (χ4v) is 3.03. The number of carbonyl (C=O) groups is 1. The normalized spacial score (nSPS) is 12.2. The fraction of sp³-hybridized carbons (Fsp3) is 0.188. The van der Waals surface area contributed by atoms with E-state index in [0.29, 0.717) is 5.52 Å². The zero-order chi connectivity index (χ0) is 17.1. The highest BCUT2D eigenvalue weighted by atomic mass is 32.2. The zero-order valence-corrected chi connectivity index (χ0v) is 14.0. The molecule has 7 nitrogen and oxygen atoms in total. The van der Waals surface area contributed by atoms with E-state index in [2.05, 4.69) is 15.0 Å². The monoisotopic (exact) mass is 344 g/mol. The van der Waals surface area contributed by atoms with Crippen molar-refractivity contribution in [2.45, 2.75) is 5.16 Å². The van der Waals surface area contributed by atoms with Gasteiger partial charge in [0.2, 0.25) is 0 Å².